The van der Waals surface area contributed by atoms with Crippen LogP contribution in [0.3, 0.4) is 0 Å². The van der Waals surface area contributed by atoms with Gasteiger partial charge in [0.05, 0.1) is 17.1 Å². The van der Waals surface area contributed by atoms with Crippen LogP contribution >= 0.6 is 27.5 Å². The second-order valence-corrected chi connectivity index (χ2v) is 9.88. The summed E-state index contributed by atoms with van der Waals surface area (Å²) in [7, 11) is 0. The molecule has 0 saturated heterocycles. The highest BCUT2D eigenvalue weighted by molar-refractivity contribution is 9.10. The Morgan fingerprint density at radius 3 is 2.71 bits per heavy atom. The van der Waals surface area contributed by atoms with Crippen molar-refractivity contribution in [2.45, 2.75) is 6.61 Å². The van der Waals surface area contributed by atoms with Gasteiger partial charge >= 0.3 is 0 Å². The number of ether oxygens (including phenoxy) is 1. The number of hydrogen-bond acceptors (Lipinski definition) is 5. The van der Waals surface area contributed by atoms with E-state index in [-0.39, 0.29) is 5.56 Å². The second-order valence-electron chi connectivity index (χ2n) is 8.56. The third kappa shape index (κ3) is 4.86. The van der Waals surface area contributed by atoms with E-state index in [9.17, 15) is 4.79 Å². The van der Waals surface area contributed by atoms with Crippen molar-refractivity contribution >= 4 is 55.6 Å². The number of hydrogen-bond donors (Lipinski definition) is 0. The maximum absolute atomic E-state index is 13.5. The summed E-state index contributed by atoms with van der Waals surface area (Å²) in [6.07, 6.45) is 1.60. The van der Waals surface area contributed by atoms with Gasteiger partial charge in [-0.05, 0) is 60.2 Å². The number of benzene rings is 4. The van der Waals surface area contributed by atoms with Crippen LogP contribution in [0.2, 0.25) is 5.02 Å². The highest BCUT2D eigenvalue weighted by Gasteiger charge is 2.16. The molecule has 38 heavy (non-hydrogen) atoms. The zero-order chi connectivity index (χ0) is 26.1. The van der Waals surface area contributed by atoms with Gasteiger partial charge in [-0.25, -0.2) is 4.98 Å². The van der Waals surface area contributed by atoms with Gasteiger partial charge in [-0.1, -0.05) is 70.0 Å². The third-order valence-corrected chi connectivity index (χ3v) is 6.85. The minimum absolute atomic E-state index is 0.297. The van der Waals surface area contributed by atoms with Crippen LogP contribution in [-0.4, -0.2) is 15.9 Å². The first-order chi connectivity index (χ1) is 18.5. The molecule has 6 nitrogen and oxygen atoms in total. The summed E-state index contributed by atoms with van der Waals surface area (Å²) in [5, 5.41) is 6.53. The lowest BCUT2D eigenvalue weighted by Crippen LogP contribution is -2.20. The molecule has 0 bridgehead atoms. The van der Waals surface area contributed by atoms with Gasteiger partial charge in [0.25, 0.3) is 5.56 Å². The van der Waals surface area contributed by atoms with Crippen molar-refractivity contribution < 1.29 is 9.15 Å². The standard InChI is InChI=1S/C30H19BrClN3O3/c31-22-12-13-27-21(15-22)16-28(38-27)29-34-26-11-4-2-9-24(26)30(36)35(29)33-17-19-6-5-8-23(14-19)37-18-20-7-1-3-10-25(20)32/h1-17H,18H2. The van der Waals surface area contributed by atoms with E-state index in [2.05, 4.69) is 21.0 Å². The number of furan rings is 1. The van der Waals surface area contributed by atoms with Crippen molar-refractivity contribution in [3.63, 3.8) is 0 Å². The molecule has 186 valence electrons. The Balaban J connectivity index is 1.38. The Morgan fingerprint density at radius 2 is 1.82 bits per heavy atom. The van der Waals surface area contributed by atoms with Crippen molar-refractivity contribution in [3.05, 3.63) is 128 Å². The topological polar surface area (TPSA) is 69.6 Å². The quantitative estimate of drug-likeness (QED) is 0.188. The SMILES string of the molecule is O=c1c2ccccc2nc(-c2cc3cc(Br)ccc3o2)n1N=Cc1cccc(OCc2ccccc2Cl)c1. The summed E-state index contributed by atoms with van der Waals surface area (Å²) in [6.45, 7) is 0.334. The fourth-order valence-electron chi connectivity index (χ4n) is 4.10. The summed E-state index contributed by atoms with van der Waals surface area (Å²) in [5.41, 5.74) is 2.60. The monoisotopic (exact) mass is 583 g/mol. The van der Waals surface area contributed by atoms with Gasteiger partial charge in [0, 0.05) is 20.4 Å². The molecule has 0 aliphatic carbocycles. The van der Waals surface area contributed by atoms with Gasteiger partial charge in [0.15, 0.2) is 5.76 Å². The van der Waals surface area contributed by atoms with Gasteiger partial charge in [-0.15, -0.1) is 0 Å². The highest BCUT2D eigenvalue weighted by atomic mass is 79.9. The van der Waals surface area contributed by atoms with E-state index in [0.29, 0.717) is 45.4 Å². The van der Waals surface area contributed by atoms with E-state index in [1.54, 1.807) is 24.4 Å². The van der Waals surface area contributed by atoms with E-state index in [0.717, 1.165) is 21.0 Å². The van der Waals surface area contributed by atoms with Crippen LogP contribution in [-0.2, 0) is 6.61 Å². The van der Waals surface area contributed by atoms with E-state index in [4.69, 9.17) is 25.7 Å². The van der Waals surface area contributed by atoms with Crippen molar-refractivity contribution in [3.8, 4) is 17.3 Å². The Morgan fingerprint density at radius 1 is 0.974 bits per heavy atom. The second kappa shape index (κ2) is 10.3. The maximum Gasteiger partial charge on any atom is 0.282 e. The molecule has 0 N–H and O–H groups in total. The van der Waals surface area contributed by atoms with Crippen LogP contribution in [0.5, 0.6) is 5.75 Å². The molecule has 0 aliphatic heterocycles. The van der Waals surface area contributed by atoms with Crippen LogP contribution in [0.15, 0.2) is 116 Å². The van der Waals surface area contributed by atoms with E-state index in [1.165, 1.54) is 4.68 Å². The first-order valence-corrected chi connectivity index (χ1v) is 12.9. The van der Waals surface area contributed by atoms with Crippen LogP contribution < -0.4 is 10.3 Å². The highest BCUT2D eigenvalue weighted by Crippen LogP contribution is 2.29. The van der Waals surface area contributed by atoms with E-state index >= 15 is 0 Å². The number of para-hydroxylation sites is 1. The van der Waals surface area contributed by atoms with Gasteiger partial charge in [0.2, 0.25) is 5.82 Å². The third-order valence-electron chi connectivity index (χ3n) is 5.99. The van der Waals surface area contributed by atoms with E-state index in [1.807, 2.05) is 78.9 Å². The van der Waals surface area contributed by atoms with E-state index < -0.39 is 0 Å². The normalized spacial score (nSPS) is 11.5. The Kier molecular flexibility index (Phi) is 6.54. The average molecular weight is 585 g/mol. The van der Waals surface area contributed by atoms with Crippen LogP contribution in [0, 0.1) is 0 Å². The van der Waals surface area contributed by atoms with Crippen LogP contribution in [0.4, 0.5) is 0 Å². The van der Waals surface area contributed by atoms with Gasteiger partial charge < -0.3 is 9.15 Å². The fraction of sp³-hybridized carbons (Fsp3) is 0.0333. The fourth-order valence-corrected chi connectivity index (χ4v) is 4.67. The van der Waals surface area contributed by atoms with Gasteiger partial charge in [0.1, 0.15) is 17.9 Å². The zero-order valence-corrected chi connectivity index (χ0v) is 22.2. The lowest BCUT2D eigenvalue weighted by atomic mass is 10.2. The number of nitrogens with zero attached hydrogens (tertiary/aromatic N) is 3. The molecule has 2 aromatic heterocycles. The maximum atomic E-state index is 13.5. The Labute approximate surface area is 230 Å². The van der Waals surface area contributed by atoms with Crippen molar-refractivity contribution in [2.24, 2.45) is 5.10 Å². The molecule has 0 aliphatic rings. The molecular weight excluding hydrogens is 566 g/mol. The van der Waals surface area contributed by atoms with Crippen LogP contribution in [0.25, 0.3) is 33.5 Å². The first-order valence-electron chi connectivity index (χ1n) is 11.8. The molecule has 6 aromatic rings. The summed E-state index contributed by atoms with van der Waals surface area (Å²) in [5.74, 6) is 1.40. The summed E-state index contributed by atoms with van der Waals surface area (Å²) in [6, 6.07) is 29.7. The molecule has 0 spiro atoms. The molecule has 0 radical (unpaired) electrons. The minimum atomic E-state index is -0.297. The molecule has 4 aromatic carbocycles. The van der Waals surface area contributed by atoms with Crippen molar-refractivity contribution in [1.82, 2.24) is 9.66 Å². The zero-order valence-electron chi connectivity index (χ0n) is 19.8. The smallest absolute Gasteiger partial charge is 0.282 e. The van der Waals surface area contributed by atoms with Gasteiger partial charge in [-0.2, -0.15) is 9.78 Å². The number of aromatic nitrogens is 2. The molecule has 8 heteroatoms. The lowest BCUT2D eigenvalue weighted by Gasteiger charge is -2.09. The molecule has 0 atom stereocenters. The number of halogens is 2. The number of rotatable bonds is 6. The molecular formula is C30H19BrClN3O3. The minimum Gasteiger partial charge on any atom is -0.489 e. The Hall–Kier alpha value is -4.20. The summed E-state index contributed by atoms with van der Waals surface area (Å²) in [4.78, 5) is 18.2. The Bertz CT molecular complexity index is 1890. The number of fused-ring (bicyclic) bond motifs is 2. The largest absolute Gasteiger partial charge is 0.489 e. The molecule has 0 saturated carbocycles. The summed E-state index contributed by atoms with van der Waals surface area (Å²) >= 11 is 9.73. The molecule has 2 heterocycles. The molecule has 6 rings (SSSR count). The van der Waals surface area contributed by atoms with Crippen molar-refractivity contribution in [2.75, 3.05) is 0 Å². The first kappa shape index (κ1) is 24.2. The van der Waals surface area contributed by atoms with Crippen LogP contribution in [0.1, 0.15) is 11.1 Å². The molecule has 0 fully saturated rings. The predicted molar refractivity (Wildman–Crippen MR) is 154 cm³/mol. The van der Waals surface area contributed by atoms with Crippen molar-refractivity contribution in [1.29, 1.82) is 0 Å². The lowest BCUT2D eigenvalue weighted by molar-refractivity contribution is 0.306. The average Bonchev–Trinajstić information content (AvgIpc) is 3.35. The molecule has 0 unspecified atom stereocenters. The van der Waals surface area contributed by atoms with Gasteiger partial charge in [-0.3, -0.25) is 4.79 Å². The predicted octanol–water partition coefficient (Wildman–Crippen LogP) is 7.69. The summed E-state index contributed by atoms with van der Waals surface area (Å²) < 4.78 is 14.2. The molecule has 0 amide bonds.